The minimum Gasteiger partial charge on any atom is -0.462 e. The van der Waals surface area contributed by atoms with Crippen molar-refractivity contribution in [1.29, 1.82) is 0 Å². The number of fused-ring (bicyclic) bond motifs is 2. The van der Waals surface area contributed by atoms with Gasteiger partial charge >= 0.3 is 11.9 Å². The highest BCUT2D eigenvalue weighted by molar-refractivity contribution is 7.21. The second-order valence-corrected chi connectivity index (χ2v) is 10.1. The van der Waals surface area contributed by atoms with E-state index in [9.17, 15) is 14.4 Å². The number of nitrogens with one attached hydrogen (secondary N) is 1. The Hall–Kier alpha value is -3.69. The van der Waals surface area contributed by atoms with Gasteiger partial charge in [0.25, 0.3) is 0 Å². The molecular formula is C27H28N2O5S2. The summed E-state index contributed by atoms with van der Waals surface area (Å²) >= 11 is 2.81. The Morgan fingerprint density at radius 1 is 0.833 bits per heavy atom. The van der Waals surface area contributed by atoms with E-state index in [-0.39, 0.29) is 17.8 Å². The van der Waals surface area contributed by atoms with Crippen molar-refractivity contribution in [2.24, 2.45) is 0 Å². The SMILES string of the molecule is CCOC(=O)c1cc2cc(N)ccc2s1.CCOC(=O)c1cc2cc(NC(=O)C=C(C)C)ccc2s1. The molecule has 0 fully saturated rings. The van der Waals surface area contributed by atoms with E-state index < -0.39 is 0 Å². The number of esters is 2. The van der Waals surface area contributed by atoms with Crippen LogP contribution in [0.2, 0.25) is 0 Å². The lowest BCUT2D eigenvalue weighted by Crippen LogP contribution is -2.08. The molecule has 0 unspecified atom stereocenters. The molecule has 2 heterocycles. The van der Waals surface area contributed by atoms with Gasteiger partial charge in [0.05, 0.1) is 13.2 Å². The average Bonchev–Trinajstić information content (AvgIpc) is 3.43. The Kier molecular flexibility index (Phi) is 9.21. The van der Waals surface area contributed by atoms with Gasteiger partial charge in [-0.15, -0.1) is 22.7 Å². The number of anilines is 2. The lowest BCUT2D eigenvalue weighted by molar-refractivity contribution is -0.112. The number of allylic oxidation sites excluding steroid dienone is 1. The van der Waals surface area contributed by atoms with Gasteiger partial charge in [0.1, 0.15) is 9.75 Å². The maximum absolute atomic E-state index is 11.7. The van der Waals surface area contributed by atoms with Crippen LogP contribution in [0.1, 0.15) is 47.0 Å². The number of hydrogen-bond acceptors (Lipinski definition) is 8. The van der Waals surface area contributed by atoms with Crippen molar-refractivity contribution >= 4 is 72.1 Å². The van der Waals surface area contributed by atoms with Crippen LogP contribution in [-0.2, 0) is 14.3 Å². The smallest absolute Gasteiger partial charge is 0.348 e. The van der Waals surface area contributed by atoms with Crippen LogP contribution in [-0.4, -0.2) is 31.1 Å². The molecule has 0 saturated carbocycles. The predicted octanol–water partition coefficient (Wildman–Crippen LogP) is 6.64. The first-order valence-corrected chi connectivity index (χ1v) is 13.0. The van der Waals surface area contributed by atoms with Gasteiger partial charge in [0.15, 0.2) is 0 Å². The topological polar surface area (TPSA) is 108 Å². The molecule has 0 aliphatic heterocycles. The summed E-state index contributed by atoms with van der Waals surface area (Å²) in [7, 11) is 0. The Morgan fingerprint density at radius 2 is 1.36 bits per heavy atom. The molecule has 36 heavy (non-hydrogen) atoms. The van der Waals surface area contributed by atoms with Gasteiger partial charge in [-0.2, -0.15) is 0 Å². The molecule has 188 valence electrons. The predicted molar refractivity (Wildman–Crippen MR) is 148 cm³/mol. The molecule has 0 aliphatic rings. The Bertz CT molecular complexity index is 1430. The second kappa shape index (κ2) is 12.3. The summed E-state index contributed by atoms with van der Waals surface area (Å²) in [4.78, 5) is 36.1. The van der Waals surface area contributed by atoms with E-state index >= 15 is 0 Å². The highest BCUT2D eigenvalue weighted by Crippen LogP contribution is 2.29. The number of rotatable bonds is 6. The average molecular weight is 525 g/mol. The lowest BCUT2D eigenvalue weighted by Gasteiger charge is -2.02. The van der Waals surface area contributed by atoms with Crippen LogP contribution >= 0.6 is 22.7 Å². The standard InChI is InChI=1S/C16H17NO3S.C11H11NO2S/c1-4-20-16(19)14-9-11-8-12(5-6-13(11)21-14)17-15(18)7-10(2)3;1-2-14-11(13)10-6-7-5-8(12)3-4-9(7)15-10/h5-9H,4H2,1-3H3,(H,17,18);3-6H,2,12H2,1H3. The second-order valence-electron chi connectivity index (χ2n) is 7.92. The lowest BCUT2D eigenvalue weighted by atomic mass is 10.2. The summed E-state index contributed by atoms with van der Waals surface area (Å²) in [5.74, 6) is -0.735. The third-order valence-corrected chi connectivity index (χ3v) is 6.89. The Morgan fingerprint density at radius 3 is 1.89 bits per heavy atom. The molecule has 4 rings (SSSR count). The van der Waals surface area contributed by atoms with E-state index in [0.29, 0.717) is 34.3 Å². The molecule has 7 nitrogen and oxygen atoms in total. The van der Waals surface area contributed by atoms with Crippen molar-refractivity contribution in [2.45, 2.75) is 27.7 Å². The van der Waals surface area contributed by atoms with Crippen LogP contribution in [0.3, 0.4) is 0 Å². The largest absolute Gasteiger partial charge is 0.462 e. The number of amides is 1. The molecule has 3 N–H and O–H groups in total. The molecule has 9 heteroatoms. The zero-order valence-electron chi connectivity index (χ0n) is 20.5. The molecule has 2 aromatic carbocycles. The first kappa shape index (κ1) is 26.9. The minimum absolute atomic E-state index is 0.157. The van der Waals surface area contributed by atoms with Crippen LogP contribution in [0.5, 0.6) is 0 Å². The Labute approximate surface area is 217 Å². The molecule has 0 spiro atoms. The minimum atomic E-state index is -0.311. The molecule has 0 saturated heterocycles. The van der Waals surface area contributed by atoms with Gasteiger partial charge in [-0.25, -0.2) is 9.59 Å². The summed E-state index contributed by atoms with van der Waals surface area (Å²) in [6.07, 6.45) is 1.54. The molecule has 0 atom stereocenters. The van der Waals surface area contributed by atoms with E-state index in [2.05, 4.69) is 5.32 Å². The Balaban J connectivity index is 0.000000212. The van der Waals surface area contributed by atoms with Gasteiger partial charge in [-0.05, 0) is 87.0 Å². The number of benzene rings is 2. The van der Waals surface area contributed by atoms with Gasteiger partial charge < -0.3 is 20.5 Å². The fourth-order valence-corrected chi connectivity index (χ4v) is 5.10. The normalized spacial score (nSPS) is 10.3. The number of ether oxygens (including phenoxy) is 2. The molecule has 4 aromatic rings. The van der Waals surface area contributed by atoms with E-state index in [4.69, 9.17) is 15.2 Å². The molecular weight excluding hydrogens is 496 g/mol. The number of hydrogen-bond donors (Lipinski definition) is 2. The van der Waals surface area contributed by atoms with Gasteiger partial charge in [-0.1, -0.05) is 5.57 Å². The van der Waals surface area contributed by atoms with Crippen LogP contribution in [0, 0.1) is 0 Å². The summed E-state index contributed by atoms with van der Waals surface area (Å²) in [5, 5.41) is 4.71. The highest BCUT2D eigenvalue weighted by atomic mass is 32.1. The summed E-state index contributed by atoms with van der Waals surface area (Å²) in [5.41, 5.74) is 8.01. The molecule has 0 aliphatic carbocycles. The molecule has 0 bridgehead atoms. The van der Waals surface area contributed by atoms with Crippen LogP contribution in [0.25, 0.3) is 20.2 Å². The number of thiophene rings is 2. The quantitative estimate of drug-likeness (QED) is 0.166. The van der Waals surface area contributed by atoms with E-state index in [1.165, 1.54) is 22.7 Å². The van der Waals surface area contributed by atoms with Crippen LogP contribution < -0.4 is 11.1 Å². The highest BCUT2D eigenvalue weighted by Gasteiger charge is 2.12. The zero-order valence-corrected chi connectivity index (χ0v) is 22.2. The van der Waals surface area contributed by atoms with E-state index in [1.54, 1.807) is 26.0 Å². The zero-order chi connectivity index (χ0) is 26.2. The fraction of sp³-hybridized carbons (Fsp3) is 0.222. The monoisotopic (exact) mass is 524 g/mol. The third kappa shape index (κ3) is 7.16. The van der Waals surface area contributed by atoms with Crippen molar-refractivity contribution < 1.29 is 23.9 Å². The number of carbonyl (C=O) groups excluding carboxylic acids is 3. The van der Waals surface area contributed by atoms with Crippen LogP contribution in [0.15, 0.2) is 60.2 Å². The first-order valence-electron chi connectivity index (χ1n) is 11.3. The van der Waals surface area contributed by atoms with Gasteiger partial charge in [0.2, 0.25) is 5.91 Å². The van der Waals surface area contributed by atoms with Crippen molar-refractivity contribution in [2.75, 3.05) is 24.3 Å². The summed E-state index contributed by atoms with van der Waals surface area (Å²) < 4.78 is 12.0. The third-order valence-electron chi connectivity index (χ3n) is 4.70. The van der Waals surface area contributed by atoms with Crippen molar-refractivity contribution in [3.63, 3.8) is 0 Å². The number of nitrogens with two attached hydrogens (primary N) is 1. The van der Waals surface area contributed by atoms with Crippen molar-refractivity contribution in [3.05, 3.63) is 69.9 Å². The summed E-state index contributed by atoms with van der Waals surface area (Å²) in [6, 6.07) is 14.8. The maximum atomic E-state index is 11.7. The van der Waals surface area contributed by atoms with E-state index in [0.717, 1.165) is 25.7 Å². The molecule has 0 radical (unpaired) electrons. The van der Waals surface area contributed by atoms with Gasteiger partial charge in [-0.3, -0.25) is 4.79 Å². The molecule has 1 amide bonds. The fourth-order valence-electron chi connectivity index (χ4n) is 3.23. The number of nitrogen functional groups attached to an aromatic ring is 1. The maximum Gasteiger partial charge on any atom is 0.348 e. The summed E-state index contributed by atoms with van der Waals surface area (Å²) in [6.45, 7) is 8.07. The first-order chi connectivity index (χ1) is 17.2. The van der Waals surface area contributed by atoms with Crippen molar-refractivity contribution in [1.82, 2.24) is 0 Å². The van der Waals surface area contributed by atoms with Crippen LogP contribution in [0.4, 0.5) is 11.4 Å². The van der Waals surface area contributed by atoms with Gasteiger partial charge in [0, 0.05) is 26.9 Å². The number of carbonyl (C=O) groups is 3. The molecule has 2 aromatic heterocycles. The van der Waals surface area contributed by atoms with E-state index in [1.807, 2.05) is 56.3 Å². The van der Waals surface area contributed by atoms with Crippen molar-refractivity contribution in [3.8, 4) is 0 Å².